The number of para-hydroxylation sites is 2. The Morgan fingerprint density at radius 2 is 1.43 bits per heavy atom. The van der Waals surface area contributed by atoms with Crippen LogP contribution in [0.4, 0.5) is 0 Å². The van der Waals surface area contributed by atoms with Gasteiger partial charge in [0.1, 0.15) is 0 Å². The van der Waals surface area contributed by atoms with Crippen molar-refractivity contribution in [2.45, 2.75) is 57.3 Å². The largest absolute Gasteiger partial charge is 0.486 e. The van der Waals surface area contributed by atoms with Crippen molar-refractivity contribution in [2.75, 3.05) is 0 Å². The normalized spacial score (nSPS) is 11.6. The van der Waals surface area contributed by atoms with Crippen molar-refractivity contribution in [3.05, 3.63) is 163 Å². The minimum absolute atomic E-state index is 0. The molecule has 0 amide bonds. The zero-order valence-corrected chi connectivity index (χ0v) is 38.7. The fourth-order valence-corrected chi connectivity index (χ4v) is 10.8. The summed E-state index contributed by atoms with van der Waals surface area (Å²) in [7, 11) is 0. The number of benzene rings is 5. The van der Waals surface area contributed by atoms with E-state index in [1.54, 1.807) is 4.40 Å². The minimum atomic E-state index is -1.86. The fourth-order valence-electron chi connectivity index (χ4n) is 7.49. The van der Waals surface area contributed by atoms with E-state index in [0.717, 1.165) is 67.8 Å². The summed E-state index contributed by atoms with van der Waals surface area (Å²) < 4.78 is 10.1. The minimum Gasteiger partial charge on any atom is -0.486 e. The van der Waals surface area contributed by atoms with Crippen LogP contribution < -0.4 is 4.40 Å². The Bertz CT molecular complexity index is 2800. The van der Waals surface area contributed by atoms with Crippen LogP contribution in [-0.2, 0) is 26.5 Å². The molecule has 0 saturated heterocycles. The zero-order chi connectivity index (χ0) is 39.7. The van der Waals surface area contributed by atoms with Crippen molar-refractivity contribution in [3.63, 3.8) is 0 Å². The summed E-state index contributed by atoms with van der Waals surface area (Å²) in [5.41, 5.74) is 12.2. The smallest absolute Gasteiger partial charge is 0.216 e. The van der Waals surface area contributed by atoms with Gasteiger partial charge in [-0.15, -0.1) is 18.2 Å². The van der Waals surface area contributed by atoms with Crippen molar-refractivity contribution >= 4 is 50.8 Å². The Morgan fingerprint density at radius 3 is 2.14 bits per heavy atom. The second kappa shape index (κ2) is 17.4. The second-order valence-electron chi connectivity index (χ2n) is 16.5. The van der Waals surface area contributed by atoms with Crippen LogP contribution in [0.15, 0.2) is 144 Å². The number of furan rings is 1. The van der Waals surface area contributed by atoms with Crippen molar-refractivity contribution in [3.8, 4) is 39.5 Å². The number of imidazole rings is 1. The van der Waals surface area contributed by atoms with Gasteiger partial charge in [0.05, 0.1) is 22.4 Å². The molecule has 5 aromatic carbocycles. The van der Waals surface area contributed by atoms with Gasteiger partial charge in [0.2, 0.25) is 5.71 Å². The summed E-state index contributed by atoms with van der Waals surface area (Å²) in [5, 5.41) is 2.02. The summed E-state index contributed by atoms with van der Waals surface area (Å²) in [5.74, 6) is 9.11. The third-order valence-electron chi connectivity index (χ3n) is 10.3. The molecule has 0 aliphatic rings. The number of aromatic nitrogens is 4. The van der Waals surface area contributed by atoms with Gasteiger partial charge in [0.15, 0.2) is 0 Å². The molecule has 58 heavy (non-hydrogen) atoms. The van der Waals surface area contributed by atoms with Crippen molar-refractivity contribution in [1.82, 2.24) is 19.5 Å². The predicted molar refractivity (Wildman–Crippen MR) is 240 cm³/mol. The first-order chi connectivity index (χ1) is 27.5. The summed E-state index contributed by atoms with van der Waals surface area (Å²) >= 11 is -1.86. The van der Waals surface area contributed by atoms with E-state index in [9.17, 15) is 0 Å². The molecule has 9 rings (SSSR count). The van der Waals surface area contributed by atoms with Crippen LogP contribution in [0.2, 0.25) is 17.3 Å². The van der Waals surface area contributed by atoms with Crippen molar-refractivity contribution < 1.29 is 24.5 Å². The topological polar surface area (TPSA) is 56.7 Å². The molecule has 0 aliphatic heterocycles. The molecule has 0 aliphatic carbocycles. The fraction of sp³-hybridized carbons (Fsp3) is 0.196. The van der Waals surface area contributed by atoms with Gasteiger partial charge in [0.25, 0.3) is 0 Å². The monoisotopic (exact) mass is 999 g/mol. The van der Waals surface area contributed by atoms with Crippen molar-refractivity contribution in [2.24, 2.45) is 5.92 Å². The van der Waals surface area contributed by atoms with Gasteiger partial charge in [-0.05, 0) is 53.4 Å². The Hall–Kier alpha value is -5.14. The van der Waals surface area contributed by atoms with Gasteiger partial charge in [-0.3, -0.25) is 4.98 Å². The second-order valence-corrected chi connectivity index (χ2v) is 27.0. The molecule has 4 heterocycles. The molecule has 1 radical (unpaired) electrons. The molecule has 0 bridgehead atoms. The quantitative estimate of drug-likeness (QED) is 0.112. The van der Waals surface area contributed by atoms with Gasteiger partial charge >= 0.3 is 126 Å². The van der Waals surface area contributed by atoms with E-state index in [-0.39, 0.29) is 20.1 Å². The average molecular weight is 998 g/mol. The summed E-state index contributed by atoms with van der Waals surface area (Å²) in [4.78, 5) is 14.6. The van der Waals surface area contributed by atoms with Crippen molar-refractivity contribution in [1.29, 1.82) is 0 Å². The summed E-state index contributed by atoms with van der Waals surface area (Å²) in [6.45, 7) is 8.85. The molecule has 7 heteroatoms. The van der Waals surface area contributed by atoms with Crippen LogP contribution in [0.5, 0.6) is 0 Å². The molecule has 4 aromatic heterocycles. The van der Waals surface area contributed by atoms with E-state index >= 15 is 0 Å². The molecule has 293 valence electrons. The average Bonchev–Trinajstić information content (AvgIpc) is 3.80. The first-order valence-corrected chi connectivity index (χ1v) is 27.2. The standard InChI is InChI=1S/C33H24N3O.C18H24GeN.Ir/c1-21(2)28-20-19-26-25-11-8-12-27(31(25)37-33(26)35-28)32-34-29-13-6-7-14-30(29)36(32)24-17-15-23(16-18-24)22-9-4-3-5-10-22;1-14(2)11-16-12-18(15-9-7-6-8-10-15)20-13-17(16)19(3,4)5;/h3-11,13-21H,1-2H3;6-9,12-14H,11H2,1-5H3;/q2*-1;. The van der Waals surface area contributed by atoms with E-state index in [1.807, 2.05) is 54.6 Å². The maximum absolute atomic E-state index is 6.40. The molecule has 0 N–H and O–H groups in total. The first kappa shape index (κ1) is 41.0. The Labute approximate surface area is 358 Å². The SMILES string of the molecule is CC(C)Cc1cc(-c2[c-]cccc2)nc[c]1[Ge]([CH3])([CH3])[CH3].CC(C)c1ccc2c(n1)oc1c(-c3nc4ccccc4n3-c3ccc(-c4ccccc4)cc3)[c-]ccc12.[Ir]. The third-order valence-corrected chi connectivity index (χ3v) is 14.7. The van der Waals surface area contributed by atoms with Gasteiger partial charge in [-0.25, -0.2) is 4.98 Å². The molecular weight excluding hydrogens is 949 g/mol. The molecule has 0 spiro atoms. The summed E-state index contributed by atoms with van der Waals surface area (Å²) in [6.07, 6.45) is 3.27. The van der Waals surface area contributed by atoms with Crippen LogP contribution in [0, 0.1) is 18.1 Å². The van der Waals surface area contributed by atoms with Crippen LogP contribution in [0.1, 0.15) is 44.9 Å². The molecule has 0 saturated carbocycles. The molecule has 9 aromatic rings. The molecule has 5 nitrogen and oxygen atoms in total. The molecular formula is C51H48GeIrN4O-2. The Morgan fingerprint density at radius 1 is 0.707 bits per heavy atom. The van der Waals surface area contributed by atoms with Crippen LogP contribution in [-0.4, -0.2) is 32.8 Å². The van der Waals surface area contributed by atoms with E-state index in [2.05, 4.69) is 147 Å². The van der Waals surface area contributed by atoms with E-state index in [1.165, 1.54) is 16.7 Å². The summed E-state index contributed by atoms with van der Waals surface area (Å²) in [6, 6.07) is 52.5. The number of fused-ring (bicyclic) bond motifs is 4. The number of hydrogen-bond acceptors (Lipinski definition) is 4. The molecule has 0 unspecified atom stereocenters. The van der Waals surface area contributed by atoms with Crippen LogP contribution >= 0.6 is 0 Å². The van der Waals surface area contributed by atoms with E-state index in [0.29, 0.717) is 17.5 Å². The predicted octanol–water partition coefficient (Wildman–Crippen LogP) is 12.9. The van der Waals surface area contributed by atoms with Crippen LogP contribution in [0.3, 0.4) is 0 Å². The maximum Gasteiger partial charge on any atom is 0.216 e. The van der Waals surface area contributed by atoms with Gasteiger partial charge in [-0.1, -0.05) is 79.4 Å². The van der Waals surface area contributed by atoms with Crippen LogP contribution in [0.25, 0.3) is 72.6 Å². The number of rotatable bonds is 8. The number of pyridine rings is 2. The number of hydrogen-bond donors (Lipinski definition) is 0. The number of nitrogens with zero attached hydrogens (tertiary/aromatic N) is 4. The van der Waals surface area contributed by atoms with E-state index in [4.69, 9.17) is 19.4 Å². The molecule has 0 fully saturated rings. The van der Waals surface area contributed by atoms with Gasteiger partial charge in [0, 0.05) is 36.9 Å². The maximum atomic E-state index is 6.40. The Kier molecular flexibility index (Phi) is 12.3. The van der Waals surface area contributed by atoms with Gasteiger partial charge < -0.3 is 8.98 Å². The van der Waals surface area contributed by atoms with Gasteiger partial charge in [-0.2, -0.15) is 0 Å². The molecule has 0 atom stereocenters. The third kappa shape index (κ3) is 8.52. The first-order valence-electron chi connectivity index (χ1n) is 19.9. The Balaban J connectivity index is 0.000000208. The zero-order valence-electron chi connectivity index (χ0n) is 34.2. The van der Waals surface area contributed by atoms with E-state index < -0.39 is 13.3 Å².